The highest BCUT2D eigenvalue weighted by molar-refractivity contribution is 5.92. The lowest BCUT2D eigenvalue weighted by Crippen LogP contribution is -2.09. The van der Waals surface area contributed by atoms with Gasteiger partial charge in [0.25, 0.3) is 0 Å². The van der Waals surface area contributed by atoms with Gasteiger partial charge in [-0.15, -0.1) is 0 Å². The first-order chi connectivity index (χ1) is 14.5. The molecule has 0 saturated carbocycles. The second kappa shape index (κ2) is 10.3. The minimum atomic E-state index is -0.437. The summed E-state index contributed by atoms with van der Waals surface area (Å²) in [6.07, 6.45) is 6.61. The van der Waals surface area contributed by atoms with Crippen molar-refractivity contribution in [1.82, 2.24) is 4.98 Å². The van der Waals surface area contributed by atoms with Gasteiger partial charge in [0.15, 0.2) is 0 Å². The average molecular weight is 402 g/mol. The van der Waals surface area contributed by atoms with E-state index in [0.29, 0.717) is 17.0 Å². The number of benzene rings is 2. The number of ether oxygens (including phenoxy) is 1. The topological polar surface area (TPSA) is 68.3 Å². The first kappa shape index (κ1) is 21.2. The van der Waals surface area contributed by atoms with E-state index in [2.05, 4.69) is 23.3 Å². The summed E-state index contributed by atoms with van der Waals surface area (Å²) in [7, 11) is 0. The van der Waals surface area contributed by atoms with Crippen LogP contribution in [-0.4, -0.2) is 16.9 Å². The fourth-order valence-corrected chi connectivity index (χ4v) is 3.07. The number of hydrogen-bond acceptors (Lipinski definition) is 4. The molecular formula is C25H26N2O3. The molecule has 5 heteroatoms. The molecule has 0 unspecified atom stereocenters. The fourth-order valence-electron chi connectivity index (χ4n) is 3.07. The zero-order chi connectivity index (χ0) is 21.3. The molecule has 0 spiro atoms. The minimum Gasteiger partial charge on any atom is -0.423 e. The molecule has 0 aliphatic heterocycles. The van der Waals surface area contributed by atoms with E-state index in [1.165, 1.54) is 31.7 Å². The maximum atomic E-state index is 12.4. The first-order valence-corrected chi connectivity index (χ1v) is 10.2. The van der Waals surface area contributed by atoms with Crippen molar-refractivity contribution in [3.8, 4) is 17.0 Å². The van der Waals surface area contributed by atoms with Crippen LogP contribution in [0.5, 0.6) is 5.75 Å². The van der Waals surface area contributed by atoms with Crippen molar-refractivity contribution in [2.45, 2.75) is 39.5 Å². The number of pyridine rings is 1. The summed E-state index contributed by atoms with van der Waals surface area (Å²) in [5, 5.41) is 2.67. The molecule has 0 aliphatic carbocycles. The zero-order valence-electron chi connectivity index (χ0n) is 17.4. The summed E-state index contributed by atoms with van der Waals surface area (Å²) >= 11 is 0. The van der Waals surface area contributed by atoms with E-state index in [1.807, 2.05) is 24.4 Å². The van der Waals surface area contributed by atoms with Crippen LogP contribution in [0.3, 0.4) is 0 Å². The number of unbranched alkanes of at least 4 members (excludes halogenated alkanes) is 2. The maximum Gasteiger partial charge on any atom is 0.343 e. The summed E-state index contributed by atoms with van der Waals surface area (Å²) < 4.78 is 5.40. The number of anilines is 1. The molecule has 0 saturated heterocycles. The summed E-state index contributed by atoms with van der Waals surface area (Å²) in [4.78, 5) is 28.0. The Morgan fingerprint density at radius 3 is 2.27 bits per heavy atom. The fraction of sp³-hybridized carbons (Fsp3) is 0.240. The number of nitrogens with zero attached hydrogens (tertiary/aromatic N) is 1. The molecule has 3 rings (SSSR count). The van der Waals surface area contributed by atoms with Gasteiger partial charge in [0.1, 0.15) is 5.75 Å². The summed E-state index contributed by atoms with van der Waals surface area (Å²) in [5.74, 6) is -0.174. The highest BCUT2D eigenvalue weighted by atomic mass is 16.5. The lowest BCUT2D eigenvalue weighted by molar-refractivity contribution is -0.114. The van der Waals surface area contributed by atoms with Crippen molar-refractivity contribution < 1.29 is 14.3 Å². The Bertz CT molecular complexity index is 978. The third-order valence-corrected chi connectivity index (χ3v) is 4.70. The van der Waals surface area contributed by atoms with Crippen LogP contribution < -0.4 is 10.1 Å². The molecule has 30 heavy (non-hydrogen) atoms. The largest absolute Gasteiger partial charge is 0.423 e. The van der Waals surface area contributed by atoms with Gasteiger partial charge >= 0.3 is 5.97 Å². The summed E-state index contributed by atoms with van der Waals surface area (Å²) in [6.45, 7) is 3.64. The maximum absolute atomic E-state index is 12.4. The van der Waals surface area contributed by atoms with Crippen molar-refractivity contribution in [1.29, 1.82) is 0 Å². The van der Waals surface area contributed by atoms with E-state index in [4.69, 9.17) is 4.74 Å². The van der Waals surface area contributed by atoms with E-state index in [9.17, 15) is 9.59 Å². The standard InChI is InChI=1S/C25H26N2O3/c1-3-4-5-6-19-7-16-24(26-17-19)20-8-10-21(11-9-20)25(29)30-23-14-12-22(13-15-23)27-18(2)28/h7-17H,3-6H2,1-2H3,(H,27,28). The summed E-state index contributed by atoms with van der Waals surface area (Å²) in [5.41, 5.74) is 4.18. The van der Waals surface area contributed by atoms with E-state index in [0.717, 1.165) is 17.7 Å². The first-order valence-electron chi connectivity index (χ1n) is 10.2. The molecule has 2 aromatic carbocycles. The molecule has 0 atom stereocenters. The Kier molecular flexibility index (Phi) is 7.33. The molecule has 0 radical (unpaired) electrons. The number of hydrogen-bond donors (Lipinski definition) is 1. The SMILES string of the molecule is CCCCCc1ccc(-c2ccc(C(=O)Oc3ccc(NC(C)=O)cc3)cc2)nc1. The number of esters is 1. The highest BCUT2D eigenvalue weighted by Gasteiger charge is 2.10. The normalized spacial score (nSPS) is 10.5. The highest BCUT2D eigenvalue weighted by Crippen LogP contribution is 2.21. The van der Waals surface area contributed by atoms with E-state index in [1.54, 1.807) is 36.4 Å². The van der Waals surface area contributed by atoms with Crippen LogP contribution in [0.25, 0.3) is 11.3 Å². The van der Waals surface area contributed by atoms with Crippen LogP contribution in [0.15, 0.2) is 66.9 Å². The third kappa shape index (κ3) is 6.01. The number of carbonyl (C=O) groups excluding carboxylic acids is 2. The molecule has 1 N–H and O–H groups in total. The van der Waals surface area contributed by atoms with Gasteiger partial charge in [-0.2, -0.15) is 0 Å². The van der Waals surface area contributed by atoms with Crippen LogP contribution in [-0.2, 0) is 11.2 Å². The number of rotatable bonds is 8. The molecule has 0 bridgehead atoms. The molecule has 0 aliphatic rings. The number of carbonyl (C=O) groups is 2. The Labute approximate surface area is 177 Å². The van der Waals surface area contributed by atoms with Gasteiger partial charge < -0.3 is 10.1 Å². The molecule has 1 heterocycles. The van der Waals surface area contributed by atoms with Crippen molar-refractivity contribution in [2.24, 2.45) is 0 Å². The molecule has 1 aromatic heterocycles. The Morgan fingerprint density at radius 1 is 0.933 bits per heavy atom. The van der Waals surface area contributed by atoms with Gasteiger partial charge in [-0.1, -0.05) is 38.0 Å². The zero-order valence-corrected chi connectivity index (χ0v) is 17.4. The Hall–Kier alpha value is -3.47. The van der Waals surface area contributed by atoms with Crippen molar-refractivity contribution in [3.05, 3.63) is 78.0 Å². The Balaban J connectivity index is 1.60. The van der Waals surface area contributed by atoms with Crippen LogP contribution in [0.2, 0.25) is 0 Å². The molecule has 5 nitrogen and oxygen atoms in total. The molecule has 1 amide bonds. The smallest absolute Gasteiger partial charge is 0.343 e. The quantitative estimate of drug-likeness (QED) is 0.300. The van der Waals surface area contributed by atoms with Gasteiger partial charge in [0.2, 0.25) is 5.91 Å². The second-order valence-electron chi connectivity index (χ2n) is 7.18. The predicted molar refractivity (Wildman–Crippen MR) is 119 cm³/mol. The van der Waals surface area contributed by atoms with E-state index >= 15 is 0 Å². The van der Waals surface area contributed by atoms with Gasteiger partial charge in [-0.05, 0) is 60.9 Å². The van der Waals surface area contributed by atoms with Crippen molar-refractivity contribution in [3.63, 3.8) is 0 Å². The number of nitrogens with one attached hydrogen (secondary N) is 1. The monoisotopic (exact) mass is 402 g/mol. The van der Waals surface area contributed by atoms with Crippen LogP contribution in [0.4, 0.5) is 5.69 Å². The lowest BCUT2D eigenvalue weighted by Gasteiger charge is -2.07. The van der Waals surface area contributed by atoms with Gasteiger partial charge in [0, 0.05) is 24.4 Å². The van der Waals surface area contributed by atoms with Crippen molar-refractivity contribution in [2.75, 3.05) is 5.32 Å². The summed E-state index contributed by atoms with van der Waals surface area (Å²) in [6, 6.07) is 18.0. The number of aryl methyl sites for hydroxylation is 1. The molecule has 154 valence electrons. The number of amides is 1. The molecule has 3 aromatic rings. The van der Waals surface area contributed by atoms with Gasteiger partial charge in [0.05, 0.1) is 11.3 Å². The predicted octanol–water partition coefficient (Wildman–Crippen LogP) is 5.66. The van der Waals surface area contributed by atoms with Crippen LogP contribution >= 0.6 is 0 Å². The van der Waals surface area contributed by atoms with Crippen molar-refractivity contribution >= 4 is 17.6 Å². The van der Waals surface area contributed by atoms with E-state index < -0.39 is 5.97 Å². The molecule has 0 fully saturated rings. The van der Waals surface area contributed by atoms with Crippen LogP contribution in [0.1, 0.15) is 49.0 Å². The van der Waals surface area contributed by atoms with Crippen LogP contribution in [0, 0.1) is 0 Å². The second-order valence-corrected chi connectivity index (χ2v) is 7.18. The van der Waals surface area contributed by atoms with Gasteiger partial charge in [-0.25, -0.2) is 4.79 Å². The lowest BCUT2D eigenvalue weighted by atomic mass is 10.1. The minimum absolute atomic E-state index is 0.152. The Morgan fingerprint density at radius 2 is 1.67 bits per heavy atom. The third-order valence-electron chi connectivity index (χ3n) is 4.70. The molecular weight excluding hydrogens is 376 g/mol. The van der Waals surface area contributed by atoms with Gasteiger partial charge in [-0.3, -0.25) is 9.78 Å². The average Bonchev–Trinajstić information content (AvgIpc) is 2.75. The van der Waals surface area contributed by atoms with E-state index in [-0.39, 0.29) is 5.91 Å². The number of aromatic nitrogens is 1.